The van der Waals surface area contributed by atoms with Crippen LogP contribution >= 0.6 is 0 Å². The molecule has 0 aliphatic heterocycles. The highest BCUT2D eigenvalue weighted by Crippen LogP contribution is 2.19. The first-order valence-corrected chi connectivity index (χ1v) is 10.3. The molecule has 2 aromatic rings. The van der Waals surface area contributed by atoms with Crippen LogP contribution in [0, 0.1) is 0 Å². The number of Topliss-reactive ketones (excluding diaryl/α,β-unsaturated/α-hetero) is 1. The lowest BCUT2D eigenvalue weighted by Crippen LogP contribution is -3.00. The summed E-state index contributed by atoms with van der Waals surface area (Å²) in [4.78, 5) is 11.1. The molecule has 0 saturated carbocycles. The first kappa shape index (κ1) is 30.6. The van der Waals surface area contributed by atoms with Crippen LogP contribution in [0.15, 0.2) is 71.0 Å². The van der Waals surface area contributed by atoms with E-state index in [1.54, 1.807) is 0 Å². The molecule has 3 rings (SSSR count). The number of aromatic nitrogens is 2. The van der Waals surface area contributed by atoms with Crippen LogP contribution in [0.3, 0.4) is 0 Å². The fourth-order valence-electron chi connectivity index (χ4n) is 3.12. The zero-order chi connectivity index (χ0) is 22.3. The number of carbonyl (C=O) groups is 1. The Balaban J connectivity index is 0.000000640. The molecule has 0 fully saturated rings. The number of unbranched alkanes of at least 4 members (excludes halogenated alkanes) is 2. The summed E-state index contributed by atoms with van der Waals surface area (Å²) in [5.74, 6) is 0.332. The van der Waals surface area contributed by atoms with Crippen molar-refractivity contribution in [2.45, 2.75) is 45.2 Å². The zero-order valence-corrected chi connectivity index (χ0v) is 21.5. The highest BCUT2D eigenvalue weighted by atomic mass is 79.9. The van der Waals surface area contributed by atoms with Gasteiger partial charge in [0.1, 0.15) is 0 Å². The number of rotatable bonds is 9. The second-order valence-electron chi connectivity index (χ2n) is 7.15. The average Bonchev–Trinajstić information content (AvgIpc) is 3.20. The van der Waals surface area contributed by atoms with Crippen LogP contribution in [0.25, 0.3) is 0 Å². The number of hydrogen-bond donors (Lipinski definition) is 3. The van der Waals surface area contributed by atoms with Gasteiger partial charge in [-0.25, -0.2) is 0 Å². The lowest BCUT2D eigenvalue weighted by molar-refractivity contribution is -0.913. The number of hydrogen-bond acceptors (Lipinski definition) is 6. The Labute approximate surface area is 215 Å². The van der Waals surface area contributed by atoms with Crippen molar-refractivity contribution >= 4 is 18.2 Å². The number of pyridine rings is 2. The van der Waals surface area contributed by atoms with Gasteiger partial charge in [-0.15, -0.1) is 9.13 Å². The van der Waals surface area contributed by atoms with Crippen LogP contribution in [0.1, 0.15) is 49.7 Å². The Morgan fingerprint density at radius 1 is 0.848 bits per heavy atom. The SMILES string of the molecule is O/N=C\c1cc[n+](C[n+]2ccc(/C=N\O)cc2)cc1.O=C1CCC=C1CCCCCO.[Br-].[Br-]. The largest absolute Gasteiger partial charge is 1.00 e. The van der Waals surface area contributed by atoms with Crippen molar-refractivity contribution in [3.63, 3.8) is 0 Å². The number of ketones is 1. The fraction of sp³-hybridized carbons (Fsp3) is 0.348. The molecule has 33 heavy (non-hydrogen) atoms. The maximum Gasteiger partial charge on any atom is 0.343 e. The predicted octanol–water partition coefficient (Wildman–Crippen LogP) is -3.78. The van der Waals surface area contributed by atoms with Crippen LogP contribution in [0.5, 0.6) is 0 Å². The van der Waals surface area contributed by atoms with Gasteiger partial charge in [0.25, 0.3) is 0 Å². The summed E-state index contributed by atoms with van der Waals surface area (Å²) in [7, 11) is 0. The van der Waals surface area contributed by atoms with Crippen molar-refractivity contribution in [1.29, 1.82) is 0 Å². The first-order chi connectivity index (χ1) is 15.2. The van der Waals surface area contributed by atoms with Crippen LogP contribution < -0.4 is 43.1 Å². The average molecular weight is 586 g/mol. The Morgan fingerprint density at radius 3 is 1.76 bits per heavy atom. The third-order valence-corrected chi connectivity index (χ3v) is 4.80. The molecule has 0 spiro atoms. The van der Waals surface area contributed by atoms with Crippen molar-refractivity contribution in [1.82, 2.24) is 0 Å². The zero-order valence-electron chi connectivity index (χ0n) is 18.3. The van der Waals surface area contributed by atoms with Gasteiger partial charge in [-0.3, -0.25) is 4.79 Å². The third-order valence-electron chi connectivity index (χ3n) is 4.80. The minimum absolute atomic E-state index is 0. The molecule has 0 amide bonds. The molecule has 0 radical (unpaired) electrons. The van der Waals surface area contributed by atoms with Crippen molar-refractivity contribution in [2.75, 3.05) is 6.61 Å². The molecule has 2 heterocycles. The molecule has 8 nitrogen and oxygen atoms in total. The molecular weight excluding hydrogens is 556 g/mol. The van der Waals surface area contributed by atoms with Crippen LogP contribution in [0.4, 0.5) is 0 Å². The molecule has 0 saturated heterocycles. The number of nitrogens with zero attached hydrogens (tertiary/aromatic N) is 4. The summed E-state index contributed by atoms with van der Waals surface area (Å²) in [6, 6.07) is 7.42. The number of aliphatic hydroxyl groups is 1. The normalized spacial score (nSPS) is 12.6. The van der Waals surface area contributed by atoms with E-state index >= 15 is 0 Å². The minimum Gasteiger partial charge on any atom is -1.00 e. The lowest BCUT2D eigenvalue weighted by atomic mass is 10.1. The maximum absolute atomic E-state index is 11.1. The van der Waals surface area contributed by atoms with Gasteiger partial charge in [-0.1, -0.05) is 22.8 Å². The molecular formula is C23H30Br2N4O4. The summed E-state index contributed by atoms with van der Waals surface area (Å²) >= 11 is 0. The molecule has 1 aliphatic rings. The standard InChI is InChI=1S/C13H12N4O2.C10H16O2.2BrH/c18-14-9-12-1-5-16(6-2-12)11-17-7-3-13(4-8-17)10-15-19;11-8-3-1-2-5-9-6-4-7-10(9)12;;/h1-10H,11H2;6,11H,1-5,7-8H2;2*1H. The highest BCUT2D eigenvalue weighted by molar-refractivity contribution is 5.97. The van der Waals surface area contributed by atoms with Crippen molar-refractivity contribution in [2.24, 2.45) is 10.3 Å². The van der Waals surface area contributed by atoms with Gasteiger partial charge in [0.2, 0.25) is 0 Å². The summed E-state index contributed by atoms with van der Waals surface area (Å²) in [5, 5.41) is 31.3. The molecule has 10 heteroatoms. The molecule has 0 bridgehead atoms. The third kappa shape index (κ3) is 11.8. The number of halogens is 2. The molecule has 0 atom stereocenters. The quantitative estimate of drug-likeness (QED) is 0.0922. The van der Waals surface area contributed by atoms with Gasteiger partial charge in [-0.05, 0) is 31.3 Å². The van der Waals surface area contributed by atoms with E-state index in [-0.39, 0.29) is 40.6 Å². The Morgan fingerprint density at radius 2 is 1.36 bits per heavy atom. The van der Waals surface area contributed by atoms with E-state index in [1.807, 2.05) is 58.2 Å². The molecule has 2 aromatic heterocycles. The van der Waals surface area contributed by atoms with Gasteiger partial charge in [0.15, 0.2) is 30.6 Å². The number of aliphatic hydroxyl groups excluding tert-OH is 1. The minimum atomic E-state index is 0. The predicted molar refractivity (Wildman–Crippen MR) is 115 cm³/mol. The van der Waals surface area contributed by atoms with E-state index in [2.05, 4.69) is 16.4 Å². The summed E-state index contributed by atoms with van der Waals surface area (Å²) in [5.41, 5.74) is 2.68. The maximum atomic E-state index is 11.1. The summed E-state index contributed by atoms with van der Waals surface area (Å²) in [6.45, 7) is 0.931. The van der Waals surface area contributed by atoms with E-state index in [1.165, 1.54) is 12.4 Å². The smallest absolute Gasteiger partial charge is 0.343 e. The summed E-state index contributed by atoms with van der Waals surface area (Å²) in [6.07, 6.45) is 17.9. The monoisotopic (exact) mass is 584 g/mol. The Hall–Kier alpha value is -2.43. The van der Waals surface area contributed by atoms with Gasteiger partial charge in [0.05, 0.1) is 12.4 Å². The second kappa shape index (κ2) is 18.0. The van der Waals surface area contributed by atoms with Gasteiger partial charge >= 0.3 is 6.67 Å². The van der Waals surface area contributed by atoms with E-state index in [0.29, 0.717) is 12.5 Å². The van der Waals surface area contributed by atoms with Crippen molar-refractivity contribution in [3.8, 4) is 0 Å². The number of oxime groups is 2. The van der Waals surface area contributed by atoms with Gasteiger partial charge in [-0.2, -0.15) is 0 Å². The van der Waals surface area contributed by atoms with Gasteiger partial charge in [0, 0.05) is 48.4 Å². The fourth-order valence-corrected chi connectivity index (χ4v) is 3.12. The van der Waals surface area contributed by atoms with E-state index in [9.17, 15) is 4.79 Å². The van der Waals surface area contributed by atoms with Crippen LogP contribution in [-0.2, 0) is 11.5 Å². The van der Waals surface area contributed by atoms with Crippen molar-refractivity contribution in [3.05, 3.63) is 71.8 Å². The summed E-state index contributed by atoms with van der Waals surface area (Å²) < 4.78 is 3.96. The highest BCUT2D eigenvalue weighted by Gasteiger charge is 2.13. The Bertz CT molecular complexity index is 848. The number of allylic oxidation sites excluding steroid dienone is 2. The molecule has 0 aromatic carbocycles. The Kier molecular flexibility index (Phi) is 16.7. The molecule has 3 N–H and O–H groups in total. The first-order valence-electron chi connectivity index (χ1n) is 10.3. The second-order valence-corrected chi connectivity index (χ2v) is 7.15. The van der Waals surface area contributed by atoms with E-state index in [4.69, 9.17) is 15.5 Å². The van der Waals surface area contributed by atoms with Crippen LogP contribution in [0.2, 0.25) is 0 Å². The molecule has 1 aliphatic carbocycles. The van der Waals surface area contributed by atoms with Crippen LogP contribution in [-0.4, -0.2) is 40.3 Å². The van der Waals surface area contributed by atoms with Crippen molar-refractivity contribution < 1.29 is 63.4 Å². The molecule has 180 valence electrons. The van der Waals surface area contributed by atoms with Gasteiger partial charge < -0.3 is 49.5 Å². The lowest BCUT2D eigenvalue weighted by Gasteiger charge is -1.99. The van der Waals surface area contributed by atoms with E-state index < -0.39 is 0 Å². The topological polar surface area (TPSA) is 110 Å². The van der Waals surface area contributed by atoms with E-state index in [0.717, 1.165) is 55.2 Å². The number of carbonyl (C=O) groups excluding carboxylic acids is 1. The molecule has 0 unspecified atom stereocenters.